The summed E-state index contributed by atoms with van der Waals surface area (Å²) < 4.78 is 0. The van der Waals surface area contributed by atoms with Gasteiger partial charge in [0.05, 0.1) is 0 Å². The van der Waals surface area contributed by atoms with Gasteiger partial charge in [0.1, 0.15) is 0 Å². The van der Waals surface area contributed by atoms with Crippen LogP contribution in [0.5, 0.6) is 0 Å². The van der Waals surface area contributed by atoms with Crippen molar-refractivity contribution in [3.8, 4) is 0 Å². The Morgan fingerprint density at radius 3 is 2.79 bits per heavy atom. The highest BCUT2D eigenvalue weighted by atomic mass is 14.7. The molecule has 0 aromatic heterocycles. The van der Waals surface area contributed by atoms with E-state index in [1.807, 2.05) is 0 Å². The lowest BCUT2D eigenvalue weighted by molar-refractivity contribution is 0.435. The third kappa shape index (κ3) is 2.38. The summed E-state index contributed by atoms with van der Waals surface area (Å²) in [4.78, 5) is 0. The monoisotopic (exact) mass is 193 g/mol. The number of nitrogens with two attached hydrogens (primary N) is 1. The van der Waals surface area contributed by atoms with Crippen molar-refractivity contribution in [3.63, 3.8) is 0 Å². The third-order valence-electron chi connectivity index (χ3n) is 3.94. The van der Waals surface area contributed by atoms with Crippen molar-refractivity contribution in [1.82, 2.24) is 0 Å². The fourth-order valence-corrected chi connectivity index (χ4v) is 2.60. The van der Waals surface area contributed by atoms with E-state index in [-0.39, 0.29) is 0 Å². The maximum Gasteiger partial charge on any atom is 0.0282 e. The van der Waals surface area contributed by atoms with Crippen LogP contribution in [0.3, 0.4) is 0 Å². The van der Waals surface area contributed by atoms with Gasteiger partial charge in [-0.2, -0.15) is 0 Å². The molecule has 2 unspecified atom stereocenters. The minimum Gasteiger partial charge on any atom is -0.324 e. The van der Waals surface area contributed by atoms with Gasteiger partial charge in [-0.25, -0.2) is 0 Å². The second-order valence-corrected chi connectivity index (χ2v) is 5.10. The maximum absolute atomic E-state index is 6.33. The van der Waals surface area contributed by atoms with Crippen LogP contribution in [0.2, 0.25) is 0 Å². The maximum atomic E-state index is 6.33. The smallest absolute Gasteiger partial charge is 0.0282 e. The average Bonchev–Trinajstić information content (AvgIpc) is 3.02. The highest BCUT2D eigenvalue weighted by Crippen LogP contribution is 2.39. The van der Waals surface area contributed by atoms with Crippen molar-refractivity contribution < 1.29 is 0 Å². The van der Waals surface area contributed by atoms with Gasteiger partial charge in [0.25, 0.3) is 0 Å². The molecule has 14 heavy (non-hydrogen) atoms. The minimum atomic E-state index is 0.362. The Hall–Kier alpha value is -0.300. The first kappa shape index (κ1) is 10.2. The molecule has 0 spiro atoms. The first-order valence-corrected chi connectivity index (χ1v) is 6.23. The summed E-state index contributed by atoms with van der Waals surface area (Å²) in [5.74, 6) is 1.66. The van der Waals surface area contributed by atoms with E-state index in [0.717, 1.165) is 11.8 Å². The van der Waals surface area contributed by atoms with Gasteiger partial charge in [0, 0.05) is 6.04 Å². The fraction of sp³-hybridized carbons (Fsp3) is 0.846. The summed E-state index contributed by atoms with van der Waals surface area (Å²) in [5.41, 5.74) is 7.89. The van der Waals surface area contributed by atoms with Crippen molar-refractivity contribution in [2.24, 2.45) is 17.6 Å². The molecule has 2 rings (SSSR count). The largest absolute Gasteiger partial charge is 0.324 e. The molecule has 80 valence electrons. The van der Waals surface area contributed by atoms with Gasteiger partial charge in [-0.05, 0) is 50.4 Å². The molecule has 2 atom stereocenters. The molecule has 0 aliphatic heterocycles. The number of hydrogen-bond donors (Lipinski definition) is 1. The zero-order valence-corrected chi connectivity index (χ0v) is 9.34. The van der Waals surface area contributed by atoms with E-state index in [9.17, 15) is 0 Å². The van der Waals surface area contributed by atoms with Gasteiger partial charge in [-0.3, -0.25) is 0 Å². The van der Waals surface area contributed by atoms with E-state index in [2.05, 4.69) is 13.0 Å². The summed E-state index contributed by atoms with van der Waals surface area (Å²) in [6, 6.07) is 0.362. The first-order chi connectivity index (χ1) is 6.79. The van der Waals surface area contributed by atoms with Crippen LogP contribution in [-0.4, -0.2) is 6.04 Å². The summed E-state index contributed by atoms with van der Waals surface area (Å²) in [5, 5.41) is 0. The third-order valence-corrected chi connectivity index (χ3v) is 3.94. The summed E-state index contributed by atoms with van der Waals surface area (Å²) in [6.07, 6.45) is 11.9. The second-order valence-electron chi connectivity index (χ2n) is 5.10. The van der Waals surface area contributed by atoms with E-state index in [4.69, 9.17) is 5.73 Å². The van der Waals surface area contributed by atoms with Crippen LogP contribution in [0.1, 0.15) is 51.9 Å². The Balaban J connectivity index is 1.93. The van der Waals surface area contributed by atoms with E-state index in [1.165, 1.54) is 44.9 Å². The molecule has 0 bridgehead atoms. The molecule has 0 aromatic rings. The molecule has 0 aromatic carbocycles. The van der Waals surface area contributed by atoms with Gasteiger partial charge in [-0.15, -0.1) is 0 Å². The van der Waals surface area contributed by atoms with E-state index >= 15 is 0 Å². The van der Waals surface area contributed by atoms with Gasteiger partial charge in [0.2, 0.25) is 0 Å². The fourth-order valence-electron chi connectivity index (χ4n) is 2.60. The van der Waals surface area contributed by atoms with Crippen molar-refractivity contribution in [3.05, 3.63) is 11.6 Å². The lowest BCUT2D eigenvalue weighted by atomic mass is 9.89. The second kappa shape index (κ2) is 4.48. The molecule has 1 heteroatoms. The molecule has 0 radical (unpaired) electrons. The van der Waals surface area contributed by atoms with Crippen LogP contribution < -0.4 is 5.73 Å². The Bertz CT molecular complexity index is 215. The quantitative estimate of drug-likeness (QED) is 0.684. The van der Waals surface area contributed by atoms with Crippen molar-refractivity contribution in [2.45, 2.75) is 57.9 Å². The standard InChI is InChI=1S/C13H23N/c1-10(11-8-9-11)13(14)12-6-4-2-3-5-7-12/h6,10-11,13H,2-5,7-9,14H2,1H3. The van der Waals surface area contributed by atoms with Gasteiger partial charge < -0.3 is 5.73 Å². The van der Waals surface area contributed by atoms with Gasteiger partial charge in [0.15, 0.2) is 0 Å². The predicted molar refractivity (Wildman–Crippen MR) is 61.0 cm³/mol. The molecule has 1 saturated carbocycles. The number of hydrogen-bond acceptors (Lipinski definition) is 1. The highest BCUT2D eigenvalue weighted by Gasteiger charge is 2.32. The van der Waals surface area contributed by atoms with Crippen LogP contribution in [0.25, 0.3) is 0 Å². The van der Waals surface area contributed by atoms with Crippen molar-refractivity contribution in [2.75, 3.05) is 0 Å². The highest BCUT2D eigenvalue weighted by molar-refractivity contribution is 5.13. The van der Waals surface area contributed by atoms with E-state index < -0.39 is 0 Å². The van der Waals surface area contributed by atoms with Crippen molar-refractivity contribution >= 4 is 0 Å². The lowest BCUT2D eigenvalue weighted by Crippen LogP contribution is -2.31. The Morgan fingerprint density at radius 2 is 2.07 bits per heavy atom. The minimum absolute atomic E-state index is 0.362. The molecule has 2 N–H and O–H groups in total. The van der Waals surface area contributed by atoms with Gasteiger partial charge in [-0.1, -0.05) is 25.0 Å². The average molecular weight is 193 g/mol. The number of rotatable bonds is 3. The van der Waals surface area contributed by atoms with Crippen LogP contribution in [0.4, 0.5) is 0 Å². The zero-order chi connectivity index (χ0) is 9.97. The molecule has 0 heterocycles. The Morgan fingerprint density at radius 1 is 1.29 bits per heavy atom. The Kier molecular flexibility index (Phi) is 3.27. The SMILES string of the molecule is CC(C1CC1)C(N)C1=CCCCCC1. The van der Waals surface area contributed by atoms with Crippen molar-refractivity contribution in [1.29, 1.82) is 0 Å². The molecule has 2 aliphatic rings. The summed E-state index contributed by atoms with van der Waals surface area (Å²) >= 11 is 0. The molecule has 2 aliphatic carbocycles. The predicted octanol–water partition coefficient (Wildman–Crippen LogP) is 3.25. The van der Waals surface area contributed by atoms with Crippen LogP contribution in [0.15, 0.2) is 11.6 Å². The lowest BCUT2D eigenvalue weighted by Gasteiger charge is -2.22. The topological polar surface area (TPSA) is 26.0 Å². The number of allylic oxidation sites excluding steroid dienone is 1. The van der Waals surface area contributed by atoms with E-state index in [1.54, 1.807) is 5.57 Å². The molecule has 1 nitrogen and oxygen atoms in total. The first-order valence-electron chi connectivity index (χ1n) is 6.23. The molecule has 0 amide bonds. The van der Waals surface area contributed by atoms with Crippen LogP contribution >= 0.6 is 0 Å². The Labute approximate surface area is 87.8 Å². The van der Waals surface area contributed by atoms with Crippen LogP contribution in [0, 0.1) is 11.8 Å². The summed E-state index contributed by atoms with van der Waals surface area (Å²) in [7, 11) is 0. The van der Waals surface area contributed by atoms with Crippen LogP contribution in [-0.2, 0) is 0 Å². The zero-order valence-electron chi connectivity index (χ0n) is 9.34. The summed E-state index contributed by atoms with van der Waals surface area (Å²) in [6.45, 7) is 2.34. The molecular formula is C13H23N. The normalized spacial score (nSPS) is 27.7. The molecule has 0 saturated heterocycles. The molecular weight excluding hydrogens is 170 g/mol. The van der Waals surface area contributed by atoms with E-state index in [0.29, 0.717) is 6.04 Å². The van der Waals surface area contributed by atoms with Gasteiger partial charge >= 0.3 is 0 Å². The molecule has 1 fully saturated rings.